The van der Waals surface area contributed by atoms with Crippen molar-refractivity contribution in [2.75, 3.05) is 18.0 Å². The van der Waals surface area contributed by atoms with Crippen LogP contribution >= 0.6 is 0 Å². The van der Waals surface area contributed by atoms with Gasteiger partial charge in [-0.3, -0.25) is 0 Å². The van der Waals surface area contributed by atoms with E-state index in [1.165, 1.54) is 30.5 Å². The van der Waals surface area contributed by atoms with E-state index < -0.39 is 0 Å². The molecule has 0 atom stereocenters. The third-order valence-electron chi connectivity index (χ3n) is 2.81. The second-order valence-electron chi connectivity index (χ2n) is 4.21. The normalized spacial score (nSPS) is 10.4. The molecule has 0 aliphatic heterocycles. The topological polar surface area (TPSA) is 29.3 Å². The molecule has 0 aromatic heterocycles. The maximum absolute atomic E-state index is 5.60. The highest BCUT2D eigenvalue weighted by molar-refractivity contribution is 5.47. The zero-order chi connectivity index (χ0) is 11.8. The van der Waals surface area contributed by atoms with E-state index in [0.717, 1.165) is 13.1 Å². The molecule has 2 nitrogen and oxygen atoms in total. The Kier molecular flexibility index (Phi) is 5.94. The summed E-state index contributed by atoms with van der Waals surface area (Å²) in [5, 5.41) is 0. The number of hydrogen-bond acceptors (Lipinski definition) is 2. The molecule has 0 fully saturated rings. The second kappa shape index (κ2) is 7.29. The molecule has 0 heterocycles. The monoisotopic (exact) mass is 220 g/mol. The molecule has 1 aromatic carbocycles. The molecule has 16 heavy (non-hydrogen) atoms. The minimum Gasteiger partial charge on any atom is -0.372 e. The van der Waals surface area contributed by atoms with Gasteiger partial charge in [-0.1, -0.05) is 32.4 Å². The van der Waals surface area contributed by atoms with Crippen LogP contribution in [0, 0.1) is 0 Å². The molecule has 2 N–H and O–H groups in total. The first-order valence-corrected chi connectivity index (χ1v) is 6.35. The number of rotatable bonds is 7. The first-order chi connectivity index (χ1) is 7.81. The molecule has 0 aliphatic carbocycles. The average molecular weight is 220 g/mol. The van der Waals surface area contributed by atoms with Crippen LogP contribution < -0.4 is 10.6 Å². The lowest BCUT2D eigenvalue weighted by molar-refractivity contribution is 0.704. The second-order valence-corrected chi connectivity index (χ2v) is 4.21. The van der Waals surface area contributed by atoms with Gasteiger partial charge in [0.05, 0.1) is 0 Å². The van der Waals surface area contributed by atoms with Gasteiger partial charge in [-0.15, -0.1) is 0 Å². The molecule has 0 spiro atoms. The Bertz CT molecular complexity index is 279. The molecular formula is C14H24N2. The summed E-state index contributed by atoms with van der Waals surface area (Å²) in [5.41, 5.74) is 8.13. The van der Waals surface area contributed by atoms with Crippen LogP contribution in [0.3, 0.4) is 0 Å². The Morgan fingerprint density at radius 2 is 1.69 bits per heavy atom. The zero-order valence-corrected chi connectivity index (χ0v) is 10.6. The first-order valence-electron chi connectivity index (χ1n) is 6.35. The summed E-state index contributed by atoms with van der Waals surface area (Å²) in [6.45, 7) is 7.39. The van der Waals surface area contributed by atoms with Gasteiger partial charge in [-0.05, 0) is 30.5 Å². The van der Waals surface area contributed by atoms with Gasteiger partial charge in [0.25, 0.3) is 0 Å². The van der Waals surface area contributed by atoms with Gasteiger partial charge in [-0.25, -0.2) is 0 Å². The van der Waals surface area contributed by atoms with Crippen molar-refractivity contribution in [1.29, 1.82) is 0 Å². The molecular weight excluding hydrogens is 196 g/mol. The molecule has 0 saturated carbocycles. The maximum atomic E-state index is 5.60. The number of nitrogens with zero attached hydrogens (tertiary/aromatic N) is 1. The summed E-state index contributed by atoms with van der Waals surface area (Å²) in [4.78, 5) is 2.46. The van der Waals surface area contributed by atoms with Crippen LogP contribution in [0.1, 0.15) is 38.7 Å². The minimum atomic E-state index is 0.628. The van der Waals surface area contributed by atoms with Gasteiger partial charge < -0.3 is 10.6 Å². The average Bonchev–Trinajstić information content (AvgIpc) is 2.35. The van der Waals surface area contributed by atoms with Crippen LogP contribution in [0.4, 0.5) is 5.69 Å². The number of anilines is 1. The minimum absolute atomic E-state index is 0.628. The molecule has 2 heteroatoms. The Morgan fingerprint density at radius 3 is 2.19 bits per heavy atom. The fourth-order valence-electron chi connectivity index (χ4n) is 1.83. The molecule has 0 unspecified atom stereocenters. The molecule has 1 aromatic rings. The van der Waals surface area contributed by atoms with Crippen molar-refractivity contribution in [1.82, 2.24) is 0 Å². The van der Waals surface area contributed by atoms with E-state index in [1.807, 2.05) is 0 Å². The number of hydrogen-bond donors (Lipinski definition) is 1. The third kappa shape index (κ3) is 3.86. The van der Waals surface area contributed by atoms with Crippen molar-refractivity contribution in [2.45, 2.75) is 39.7 Å². The number of nitrogens with two attached hydrogens (primary N) is 1. The van der Waals surface area contributed by atoms with Crippen LogP contribution in [0.25, 0.3) is 0 Å². The fraction of sp³-hybridized carbons (Fsp3) is 0.571. The highest BCUT2D eigenvalue weighted by Crippen LogP contribution is 2.16. The van der Waals surface area contributed by atoms with E-state index in [1.54, 1.807) is 0 Å². The van der Waals surface area contributed by atoms with E-state index in [0.29, 0.717) is 6.54 Å². The van der Waals surface area contributed by atoms with Gasteiger partial charge in [-0.2, -0.15) is 0 Å². The van der Waals surface area contributed by atoms with Crippen LogP contribution in [0.2, 0.25) is 0 Å². The van der Waals surface area contributed by atoms with Gasteiger partial charge in [0.1, 0.15) is 0 Å². The lowest BCUT2D eigenvalue weighted by Crippen LogP contribution is -2.25. The summed E-state index contributed by atoms with van der Waals surface area (Å²) >= 11 is 0. The summed E-state index contributed by atoms with van der Waals surface area (Å²) < 4.78 is 0. The molecule has 0 saturated heterocycles. The summed E-state index contributed by atoms with van der Waals surface area (Å²) in [6, 6.07) is 8.63. The third-order valence-corrected chi connectivity index (χ3v) is 2.81. The quantitative estimate of drug-likeness (QED) is 0.765. The fourth-order valence-corrected chi connectivity index (χ4v) is 1.83. The molecule has 0 radical (unpaired) electrons. The van der Waals surface area contributed by atoms with Crippen molar-refractivity contribution < 1.29 is 0 Å². The van der Waals surface area contributed by atoms with Crippen molar-refractivity contribution in [3.8, 4) is 0 Å². The van der Waals surface area contributed by atoms with Gasteiger partial charge >= 0.3 is 0 Å². The smallest absolute Gasteiger partial charge is 0.0366 e. The van der Waals surface area contributed by atoms with E-state index in [4.69, 9.17) is 5.73 Å². The van der Waals surface area contributed by atoms with Crippen molar-refractivity contribution in [3.05, 3.63) is 29.8 Å². The van der Waals surface area contributed by atoms with Crippen LogP contribution in [-0.4, -0.2) is 13.1 Å². The van der Waals surface area contributed by atoms with Crippen LogP contribution in [0.5, 0.6) is 0 Å². The molecule has 0 aliphatic rings. The van der Waals surface area contributed by atoms with Crippen LogP contribution in [0.15, 0.2) is 24.3 Å². The van der Waals surface area contributed by atoms with Gasteiger partial charge in [0.2, 0.25) is 0 Å². The highest BCUT2D eigenvalue weighted by atomic mass is 15.1. The number of benzene rings is 1. The van der Waals surface area contributed by atoms with E-state index >= 15 is 0 Å². The van der Waals surface area contributed by atoms with Gasteiger partial charge in [0.15, 0.2) is 0 Å². The van der Waals surface area contributed by atoms with Gasteiger partial charge in [0, 0.05) is 25.3 Å². The van der Waals surface area contributed by atoms with Crippen molar-refractivity contribution in [3.63, 3.8) is 0 Å². The standard InChI is InChI=1S/C14H24N2/c1-3-5-11-16(10-4-2)14-8-6-13(12-15)7-9-14/h6-9H,3-5,10-12,15H2,1-2H3. The van der Waals surface area contributed by atoms with E-state index in [-0.39, 0.29) is 0 Å². The lowest BCUT2D eigenvalue weighted by Gasteiger charge is -2.24. The zero-order valence-electron chi connectivity index (χ0n) is 10.6. The Morgan fingerprint density at radius 1 is 1.00 bits per heavy atom. The van der Waals surface area contributed by atoms with Crippen molar-refractivity contribution >= 4 is 5.69 Å². The predicted molar refractivity (Wildman–Crippen MR) is 71.7 cm³/mol. The molecule has 90 valence electrons. The Hall–Kier alpha value is -1.02. The summed E-state index contributed by atoms with van der Waals surface area (Å²) in [6.07, 6.45) is 3.71. The highest BCUT2D eigenvalue weighted by Gasteiger charge is 2.04. The summed E-state index contributed by atoms with van der Waals surface area (Å²) in [5.74, 6) is 0. The van der Waals surface area contributed by atoms with Crippen molar-refractivity contribution in [2.24, 2.45) is 5.73 Å². The molecule has 1 rings (SSSR count). The largest absolute Gasteiger partial charge is 0.372 e. The number of unbranched alkanes of at least 4 members (excludes halogenated alkanes) is 1. The summed E-state index contributed by atoms with van der Waals surface area (Å²) in [7, 11) is 0. The van der Waals surface area contributed by atoms with Crippen LogP contribution in [-0.2, 0) is 6.54 Å². The van der Waals surface area contributed by atoms with E-state index in [9.17, 15) is 0 Å². The SMILES string of the molecule is CCCCN(CCC)c1ccc(CN)cc1. The Labute approximate surface area is 99.5 Å². The molecule has 0 bridgehead atoms. The first kappa shape index (κ1) is 13.0. The predicted octanol–water partition coefficient (Wildman–Crippen LogP) is 3.16. The maximum Gasteiger partial charge on any atom is 0.0366 e. The van der Waals surface area contributed by atoms with E-state index in [2.05, 4.69) is 43.0 Å². The lowest BCUT2D eigenvalue weighted by atomic mass is 10.2. The Balaban J connectivity index is 2.67. The molecule has 0 amide bonds.